The highest BCUT2D eigenvalue weighted by atomic mass is 16.5. The van der Waals surface area contributed by atoms with E-state index in [1.165, 1.54) is 22.3 Å². The van der Waals surface area contributed by atoms with Crippen LogP contribution in [0.25, 0.3) is 0 Å². The van der Waals surface area contributed by atoms with Crippen LogP contribution < -0.4 is 4.74 Å². The molecule has 2 atom stereocenters. The molecule has 1 fully saturated rings. The van der Waals surface area contributed by atoms with Crippen molar-refractivity contribution in [3.05, 3.63) is 28.3 Å². The van der Waals surface area contributed by atoms with Crippen LogP contribution in [0.15, 0.2) is 6.07 Å². The number of hydrogen-bond donors (Lipinski definition) is 1. The number of benzene rings is 1. The van der Waals surface area contributed by atoms with Gasteiger partial charge in [-0.25, -0.2) is 0 Å². The summed E-state index contributed by atoms with van der Waals surface area (Å²) < 4.78 is 5.98. The van der Waals surface area contributed by atoms with Crippen LogP contribution in [0.3, 0.4) is 0 Å². The van der Waals surface area contributed by atoms with E-state index < -0.39 is 0 Å². The van der Waals surface area contributed by atoms with E-state index in [-0.39, 0.29) is 17.9 Å². The van der Waals surface area contributed by atoms with Crippen molar-refractivity contribution in [2.45, 2.75) is 72.3 Å². The first kappa shape index (κ1) is 20.2. The summed E-state index contributed by atoms with van der Waals surface area (Å²) in [5, 5.41) is 9.70. The number of ether oxygens (including phenoxy) is 1. The highest BCUT2D eigenvalue weighted by Crippen LogP contribution is 2.38. The fraction of sp³-hybridized carbons (Fsp3) is 0.696. The molecule has 0 spiro atoms. The maximum atomic E-state index is 13.0. The molecule has 150 valence electrons. The average Bonchev–Trinajstić information content (AvgIpc) is 2.68. The molecule has 1 saturated heterocycles. The summed E-state index contributed by atoms with van der Waals surface area (Å²) >= 11 is 0. The van der Waals surface area contributed by atoms with Gasteiger partial charge in [0.05, 0.1) is 12.7 Å². The van der Waals surface area contributed by atoms with Gasteiger partial charge in [-0.2, -0.15) is 0 Å². The van der Waals surface area contributed by atoms with Crippen LogP contribution in [0.2, 0.25) is 0 Å². The Morgan fingerprint density at radius 1 is 1.26 bits per heavy atom. The first-order valence-electron chi connectivity index (χ1n) is 10.6. The van der Waals surface area contributed by atoms with E-state index in [1.807, 2.05) is 4.90 Å². The number of hydrogen-bond acceptors (Lipinski definition) is 3. The zero-order valence-corrected chi connectivity index (χ0v) is 17.4. The molecule has 0 bridgehead atoms. The van der Waals surface area contributed by atoms with Gasteiger partial charge in [-0.1, -0.05) is 13.8 Å². The van der Waals surface area contributed by atoms with Crippen LogP contribution in [0.1, 0.15) is 61.8 Å². The van der Waals surface area contributed by atoms with Gasteiger partial charge in [0.25, 0.3) is 0 Å². The average molecular weight is 374 g/mol. The number of nitrogens with zero attached hydrogens (tertiary/aromatic N) is 1. The summed E-state index contributed by atoms with van der Waals surface area (Å²) in [6.07, 6.45) is 5.29. The van der Waals surface area contributed by atoms with E-state index in [4.69, 9.17) is 4.74 Å². The summed E-state index contributed by atoms with van der Waals surface area (Å²) in [6, 6.07) is 2.19. The van der Waals surface area contributed by atoms with Crippen molar-refractivity contribution in [3.8, 4) is 5.75 Å². The molecule has 1 aromatic rings. The summed E-state index contributed by atoms with van der Waals surface area (Å²) in [7, 11) is 0. The third kappa shape index (κ3) is 4.31. The molecule has 0 radical (unpaired) electrons. The van der Waals surface area contributed by atoms with Crippen molar-refractivity contribution in [2.75, 3.05) is 19.7 Å². The largest absolute Gasteiger partial charge is 0.493 e. The predicted molar refractivity (Wildman–Crippen MR) is 108 cm³/mol. The molecule has 3 rings (SSSR count). The number of likely N-dealkylation sites (tertiary alicyclic amines) is 1. The third-order valence-corrected chi connectivity index (χ3v) is 6.58. The zero-order valence-electron chi connectivity index (χ0n) is 17.4. The second kappa shape index (κ2) is 8.64. The van der Waals surface area contributed by atoms with Crippen LogP contribution >= 0.6 is 0 Å². The van der Waals surface area contributed by atoms with Crippen LogP contribution in [0.5, 0.6) is 5.75 Å². The van der Waals surface area contributed by atoms with Gasteiger partial charge in [-0.3, -0.25) is 4.79 Å². The van der Waals surface area contributed by atoms with Gasteiger partial charge in [-0.05, 0) is 86.6 Å². The molecule has 1 heterocycles. The van der Waals surface area contributed by atoms with Gasteiger partial charge in [0.1, 0.15) is 5.75 Å². The summed E-state index contributed by atoms with van der Waals surface area (Å²) in [5.41, 5.74) is 5.46. The monoisotopic (exact) mass is 373 g/mol. The van der Waals surface area contributed by atoms with Crippen molar-refractivity contribution in [1.82, 2.24) is 4.90 Å². The minimum atomic E-state index is -0.238. The Morgan fingerprint density at radius 2 is 1.96 bits per heavy atom. The topological polar surface area (TPSA) is 49.8 Å². The molecule has 1 N–H and O–H groups in total. The summed E-state index contributed by atoms with van der Waals surface area (Å²) in [6.45, 7) is 10.7. The second-order valence-corrected chi connectivity index (χ2v) is 8.47. The molecular formula is C23H35NO3. The SMILES string of the molecule is CCCOc1cc(C)c2c(c1C)C[C@H](C(C)C(=O)N1CCC(O)CC1)CC2. The fourth-order valence-corrected chi connectivity index (χ4v) is 4.69. The highest BCUT2D eigenvalue weighted by molar-refractivity contribution is 5.79. The molecule has 1 aliphatic heterocycles. The molecule has 2 aliphatic rings. The third-order valence-electron chi connectivity index (χ3n) is 6.58. The maximum Gasteiger partial charge on any atom is 0.225 e. The lowest BCUT2D eigenvalue weighted by molar-refractivity contribution is -0.138. The number of aliphatic hydroxyl groups excluding tert-OH is 1. The second-order valence-electron chi connectivity index (χ2n) is 8.47. The lowest BCUT2D eigenvalue weighted by Gasteiger charge is -2.36. The van der Waals surface area contributed by atoms with Crippen LogP contribution in [0.4, 0.5) is 0 Å². The van der Waals surface area contributed by atoms with Crippen molar-refractivity contribution >= 4 is 5.91 Å². The molecule has 1 unspecified atom stereocenters. The standard InChI is InChI=1S/C23H35NO3/c1-5-12-27-22-13-15(2)20-7-6-18(14-21(20)17(22)4)16(3)23(26)24-10-8-19(25)9-11-24/h13,16,18-19,25H,5-12,14H2,1-4H3/t16?,18-/m1/s1. The summed E-state index contributed by atoms with van der Waals surface area (Å²) in [5.74, 6) is 1.70. The van der Waals surface area contributed by atoms with Crippen LogP contribution in [-0.4, -0.2) is 41.7 Å². The Labute approximate surface area is 163 Å². The Balaban J connectivity index is 1.74. The van der Waals surface area contributed by atoms with E-state index >= 15 is 0 Å². The molecule has 0 aromatic heterocycles. The summed E-state index contributed by atoms with van der Waals surface area (Å²) in [4.78, 5) is 15.0. The quantitative estimate of drug-likeness (QED) is 0.854. The number of amides is 1. The van der Waals surface area contributed by atoms with Crippen molar-refractivity contribution < 1.29 is 14.6 Å². The number of carbonyl (C=O) groups is 1. The van der Waals surface area contributed by atoms with E-state index in [0.717, 1.165) is 38.0 Å². The zero-order chi connectivity index (χ0) is 19.6. The van der Waals surface area contributed by atoms with Gasteiger partial charge in [-0.15, -0.1) is 0 Å². The van der Waals surface area contributed by atoms with Crippen molar-refractivity contribution in [2.24, 2.45) is 11.8 Å². The fourth-order valence-electron chi connectivity index (χ4n) is 4.69. The van der Waals surface area contributed by atoms with E-state index in [2.05, 4.69) is 33.8 Å². The van der Waals surface area contributed by atoms with Crippen LogP contribution in [-0.2, 0) is 17.6 Å². The smallest absolute Gasteiger partial charge is 0.225 e. The Hall–Kier alpha value is -1.55. The predicted octanol–water partition coefficient (Wildman–Crippen LogP) is 3.82. The number of aliphatic hydroxyl groups is 1. The van der Waals surface area contributed by atoms with Crippen LogP contribution in [0, 0.1) is 25.7 Å². The van der Waals surface area contributed by atoms with Gasteiger partial charge >= 0.3 is 0 Å². The maximum absolute atomic E-state index is 13.0. The Morgan fingerprint density at radius 3 is 2.63 bits per heavy atom. The normalized spacial score (nSPS) is 21.7. The molecule has 1 aromatic carbocycles. The van der Waals surface area contributed by atoms with Gasteiger partial charge in [0.2, 0.25) is 5.91 Å². The number of aryl methyl sites for hydroxylation is 1. The minimum absolute atomic E-state index is 0.0355. The van der Waals surface area contributed by atoms with Gasteiger partial charge < -0.3 is 14.7 Å². The van der Waals surface area contributed by atoms with E-state index in [0.29, 0.717) is 31.8 Å². The molecule has 0 saturated carbocycles. The molecular weight excluding hydrogens is 338 g/mol. The van der Waals surface area contributed by atoms with Crippen molar-refractivity contribution in [3.63, 3.8) is 0 Å². The minimum Gasteiger partial charge on any atom is -0.493 e. The molecule has 4 nitrogen and oxygen atoms in total. The van der Waals surface area contributed by atoms with Gasteiger partial charge in [0, 0.05) is 19.0 Å². The lowest BCUT2D eigenvalue weighted by Crippen LogP contribution is -2.44. The van der Waals surface area contributed by atoms with E-state index in [9.17, 15) is 9.90 Å². The molecule has 1 aliphatic carbocycles. The lowest BCUT2D eigenvalue weighted by atomic mass is 9.74. The first-order chi connectivity index (χ1) is 12.9. The Kier molecular flexibility index (Phi) is 6.46. The molecule has 4 heteroatoms. The molecule has 27 heavy (non-hydrogen) atoms. The van der Waals surface area contributed by atoms with Gasteiger partial charge in [0.15, 0.2) is 0 Å². The Bertz CT molecular complexity index is 677. The number of carbonyl (C=O) groups excluding carboxylic acids is 1. The van der Waals surface area contributed by atoms with Crippen molar-refractivity contribution in [1.29, 1.82) is 0 Å². The molecule has 1 amide bonds. The number of rotatable bonds is 5. The highest BCUT2D eigenvalue weighted by Gasteiger charge is 2.33. The first-order valence-corrected chi connectivity index (χ1v) is 10.6. The number of piperidine rings is 1. The van der Waals surface area contributed by atoms with E-state index in [1.54, 1.807) is 0 Å². The number of fused-ring (bicyclic) bond motifs is 1.